The van der Waals surface area contributed by atoms with Gasteiger partial charge in [0.05, 0.1) is 5.92 Å². The van der Waals surface area contributed by atoms with E-state index in [4.69, 9.17) is 5.73 Å². The summed E-state index contributed by atoms with van der Waals surface area (Å²) in [7, 11) is 0. The van der Waals surface area contributed by atoms with Crippen LogP contribution in [0.25, 0.3) is 0 Å². The molecule has 1 fully saturated rings. The first kappa shape index (κ1) is 11.6. The molecule has 0 aliphatic carbocycles. The summed E-state index contributed by atoms with van der Waals surface area (Å²) in [5.41, 5.74) is 6.33. The van der Waals surface area contributed by atoms with Gasteiger partial charge in [-0.15, -0.1) is 0 Å². The Balaban J connectivity index is 2.22. The monoisotopic (exact) mass is 233 g/mol. The van der Waals surface area contributed by atoms with Crippen LogP contribution < -0.4 is 10.6 Å². The van der Waals surface area contributed by atoms with Crippen LogP contribution in [0.15, 0.2) is 18.3 Å². The van der Waals surface area contributed by atoms with E-state index in [1.807, 2.05) is 19.1 Å². The van der Waals surface area contributed by atoms with Gasteiger partial charge in [0.15, 0.2) is 0 Å². The minimum atomic E-state index is -0.424. The standard InChI is InChI=1S/C12H15N3O2/c1-2-8-3-4-14-10(5-8)15-7-9(12(13)17)6-11(15)16/h3-5,9H,2,6-7H2,1H3,(H2,13,17). The van der Waals surface area contributed by atoms with Crippen LogP contribution in [0.2, 0.25) is 0 Å². The van der Waals surface area contributed by atoms with Gasteiger partial charge in [0.1, 0.15) is 5.82 Å². The van der Waals surface area contributed by atoms with E-state index in [0.717, 1.165) is 12.0 Å². The molecule has 5 nitrogen and oxygen atoms in total. The van der Waals surface area contributed by atoms with Crippen molar-refractivity contribution < 1.29 is 9.59 Å². The van der Waals surface area contributed by atoms with E-state index in [2.05, 4.69) is 4.98 Å². The van der Waals surface area contributed by atoms with Gasteiger partial charge < -0.3 is 5.73 Å². The fourth-order valence-corrected chi connectivity index (χ4v) is 1.95. The first-order valence-electron chi connectivity index (χ1n) is 5.66. The second-order valence-electron chi connectivity index (χ2n) is 4.18. The molecule has 1 aliphatic rings. The molecular weight excluding hydrogens is 218 g/mol. The van der Waals surface area contributed by atoms with Gasteiger partial charge in [-0.05, 0) is 24.1 Å². The van der Waals surface area contributed by atoms with Gasteiger partial charge in [0.25, 0.3) is 0 Å². The summed E-state index contributed by atoms with van der Waals surface area (Å²) in [6.45, 7) is 2.38. The Kier molecular flexibility index (Phi) is 3.08. The van der Waals surface area contributed by atoms with E-state index in [1.165, 1.54) is 4.90 Å². The fraction of sp³-hybridized carbons (Fsp3) is 0.417. The third kappa shape index (κ3) is 2.27. The Morgan fingerprint density at radius 2 is 2.41 bits per heavy atom. The minimum absolute atomic E-state index is 0.0884. The lowest BCUT2D eigenvalue weighted by Gasteiger charge is -2.15. The predicted molar refractivity (Wildman–Crippen MR) is 63.3 cm³/mol. The second-order valence-corrected chi connectivity index (χ2v) is 4.18. The number of nitrogens with zero attached hydrogens (tertiary/aromatic N) is 2. The third-order valence-electron chi connectivity index (χ3n) is 3.02. The molecule has 1 atom stereocenters. The SMILES string of the molecule is CCc1ccnc(N2CC(C(N)=O)CC2=O)c1. The van der Waals surface area contributed by atoms with E-state index in [1.54, 1.807) is 6.20 Å². The van der Waals surface area contributed by atoms with Crippen LogP contribution in [0.4, 0.5) is 5.82 Å². The zero-order valence-corrected chi connectivity index (χ0v) is 9.72. The van der Waals surface area contributed by atoms with Crippen LogP contribution in [0.3, 0.4) is 0 Å². The van der Waals surface area contributed by atoms with Crippen molar-refractivity contribution in [1.82, 2.24) is 4.98 Å². The van der Waals surface area contributed by atoms with Crippen molar-refractivity contribution in [3.8, 4) is 0 Å². The maximum atomic E-state index is 11.8. The molecule has 0 spiro atoms. The summed E-state index contributed by atoms with van der Waals surface area (Å²) in [4.78, 5) is 28.5. The van der Waals surface area contributed by atoms with Crippen molar-refractivity contribution in [3.63, 3.8) is 0 Å². The number of rotatable bonds is 3. The average Bonchev–Trinajstić information content (AvgIpc) is 2.72. The van der Waals surface area contributed by atoms with Gasteiger partial charge in [0, 0.05) is 19.2 Å². The highest BCUT2D eigenvalue weighted by atomic mass is 16.2. The number of amides is 2. The first-order valence-corrected chi connectivity index (χ1v) is 5.66. The number of primary amides is 1. The van der Waals surface area contributed by atoms with E-state index in [9.17, 15) is 9.59 Å². The second kappa shape index (κ2) is 4.53. The van der Waals surface area contributed by atoms with Gasteiger partial charge in [0.2, 0.25) is 11.8 Å². The van der Waals surface area contributed by atoms with Crippen molar-refractivity contribution in [1.29, 1.82) is 0 Å². The number of aryl methyl sites for hydroxylation is 1. The molecule has 1 aromatic rings. The molecule has 90 valence electrons. The molecule has 2 heterocycles. The maximum absolute atomic E-state index is 11.8. The van der Waals surface area contributed by atoms with Gasteiger partial charge in [-0.3, -0.25) is 14.5 Å². The minimum Gasteiger partial charge on any atom is -0.369 e. The molecule has 17 heavy (non-hydrogen) atoms. The molecule has 1 saturated heterocycles. The highest BCUT2D eigenvalue weighted by molar-refractivity contribution is 5.99. The summed E-state index contributed by atoms with van der Waals surface area (Å²) in [6, 6.07) is 3.79. The highest BCUT2D eigenvalue weighted by Gasteiger charge is 2.34. The Morgan fingerprint density at radius 1 is 1.65 bits per heavy atom. The molecule has 1 aromatic heterocycles. The summed E-state index contributed by atoms with van der Waals surface area (Å²) >= 11 is 0. The predicted octanol–water partition coefficient (Wildman–Crippen LogP) is 0.482. The summed E-state index contributed by atoms with van der Waals surface area (Å²) in [5, 5.41) is 0. The number of anilines is 1. The van der Waals surface area contributed by atoms with Gasteiger partial charge >= 0.3 is 0 Å². The van der Waals surface area contributed by atoms with Crippen LogP contribution >= 0.6 is 0 Å². The molecular formula is C12H15N3O2. The van der Waals surface area contributed by atoms with Crippen LogP contribution in [0.5, 0.6) is 0 Å². The highest BCUT2D eigenvalue weighted by Crippen LogP contribution is 2.23. The average molecular weight is 233 g/mol. The van der Waals surface area contributed by atoms with Crippen molar-refractivity contribution in [3.05, 3.63) is 23.9 Å². The number of carbonyl (C=O) groups is 2. The molecule has 2 rings (SSSR count). The van der Waals surface area contributed by atoms with Crippen LogP contribution in [0.1, 0.15) is 18.9 Å². The van der Waals surface area contributed by atoms with E-state index < -0.39 is 11.8 Å². The Labute approximate surface area is 99.6 Å². The molecule has 2 N–H and O–H groups in total. The number of hydrogen-bond donors (Lipinski definition) is 1. The normalized spacial score (nSPS) is 19.7. The Morgan fingerprint density at radius 3 is 3.00 bits per heavy atom. The maximum Gasteiger partial charge on any atom is 0.229 e. The molecule has 0 bridgehead atoms. The fourth-order valence-electron chi connectivity index (χ4n) is 1.95. The largest absolute Gasteiger partial charge is 0.369 e. The lowest BCUT2D eigenvalue weighted by molar-refractivity contribution is -0.123. The summed E-state index contributed by atoms with van der Waals surface area (Å²) < 4.78 is 0. The molecule has 2 amide bonds. The number of carbonyl (C=O) groups excluding carboxylic acids is 2. The van der Waals surface area contributed by atoms with E-state index in [-0.39, 0.29) is 12.3 Å². The van der Waals surface area contributed by atoms with E-state index >= 15 is 0 Å². The lowest BCUT2D eigenvalue weighted by Crippen LogP contribution is -2.29. The summed E-state index contributed by atoms with van der Waals surface area (Å²) in [5.74, 6) is -0.297. The zero-order chi connectivity index (χ0) is 12.4. The van der Waals surface area contributed by atoms with Crippen molar-refractivity contribution in [2.24, 2.45) is 11.7 Å². The molecule has 1 aliphatic heterocycles. The molecule has 0 aromatic carbocycles. The Hall–Kier alpha value is -1.91. The van der Waals surface area contributed by atoms with Gasteiger partial charge in [-0.25, -0.2) is 4.98 Å². The molecule has 0 saturated carbocycles. The van der Waals surface area contributed by atoms with Gasteiger partial charge in [-0.2, -0.15) is 0 Å². The van der Waals surface area contributed by atoms with Gasteiger partial charge in [-0.1, -0.05) is 6.92 Å². The van der Waals surface area contributed by atoms with Crippen LogP contribution in [-0.4, -0.2) is 23.3 Å². The quantitative estimate of drug-likeness (QED) is 0.825. The number of nitrogens with two attached hydrogens (primary N) is 1. The number of aromatic nitrogens is 1. The third-order valence-corrected chi connectivity index (χ3v) is 3.02. The Bertz CT molecular complexity index is 459. The molecule has 5 heteroatoms. The number of pyridine rings is 1. The molecule has 0 radical (unpaired) electrons. The van der Waals surface area contributed by atoms with E-state index in [0.29, 0.717) is 12.4 Å². The zero-order valence-electron chi connectivity index (χ0n) is 9.72. The topological polar surface area (TPSA) is 76.3 Å². The summed E-state index contributed by atoms with van der Waals surface area (Å²) in [6.07, 6.45) is 2.75. The van der Waals surface area contributed by atoms with Crippen molar-refractivity contribution in [2.75, 3.05) is 11.4 Å². The van der Waals surface area contributed by atoms with Crippen molar-refractivity contribution in [2.45, 2.75) is 19.8 Å². The smallest absolute Gasteiger partial charge is 0.229 e. The lowest BCUT2D eigenvalue weighted by atomic mass is 10.1. The van der Waals surface area contributed by atoms with Crippen molar-refractivity contribution >= 4 is 17.6 Å². The van der Waals surface area contributed by atoms with Crippen LogP contribution in [-0.2, 0) is 16.0 Å². The first-order chi connectivity index (χ1) is 8.11. The van der Waals surface area contributed by atoms with Crippen LogP contribution in [0, 0.1) is 5.92 Å². The molecule has 1 unspecified atom stereocenters. The number of hydrogen-bond acceptors (Lipinski definition) is 3.